The van der Waals surface area contributed by atoms with E-state index in [1.807, 2.05) is 6.92 Å². The summed E-state index contributed by atoms with van der Waals surface area (Å²) in [6.45, 7) is 2.20. The summed E-state index contributed by atoms with van der Waals surface area (Å²) in [6.07, 6.45) is 0. The Morgan fingerprint density at radius 3 is 2.48 bits per heavy atom. The molecule has 2 unspecified atom stereocenters. The van der Waals surface area contributed by atoms with Gasteiger partial charge in [-0.1, -0.05) is 0 Å². The van der Waals surface area contributed by atoms with E-state index >= 15 is 0 Å². The maximum atomic E-state index is 12.9. The summed E-state index contributed by atoms with van der Waals surface area (Å²) >= 11 is 1.11. The molecular weight excluding hydrogens is 445 g/mol. The van der Waals surface area contributed by atoms with Gasteiger partial charge >= 0.3 is 0 Å². The van der Waals surface area contributed by atoms with Gasteiger partial charge in [0.05, 0.1) is 17.3 Å². The Kier molecular flexibility index (Phi) is 7.52. The number of carbonyl (C=O) groups excluding carboxylic acids is 2. The molecule has 0 saturated carbocycles. The van der Waals surface area contributed by atoms with E-state index in [-0.39, 0.29) is 23.1 Å². The van der Waals surface area contributed by atoms with Crippen molar-refractivity contribution in [3.05, 3.63) is 54.3 Å². The Morgan fingerprint density at radius 1 is 1.19 bits per heavy atom. The van der Waals surface area contributed by atoms with Gasteiger partial charge in [0.1, 0.15) is 17.1 Å². The van der Waals surface area contributed by atoms with E-state index in [4.69, 9.17) is 4.74 Å². The summed E-state index contributed by atoms with van der Waals surface area (Å²) in [6, 6.07) is 11.3. The zero-order valence-corrected chi connectivity index (χ0v) is 18.3. The zero-order chi connectivity index (χ0) is 22.4. The molecule has 1 fully saturated rings. The van der Waals surface area contributed by atoms with Crippen LogP contribution in [0.3, 0.4) is 0 Å². The molecule has 1 heterocycles. The summed E-state index contributed by atoms with van der Waals surface area (Å²) in [5.41, 5.74) is -0.160. The smallest absolute Gasteiger partial charge is 0.241 e. The quantitative estimate of drug-likeness (QED) is 0.542. The number of halogens is 1. The highest BCUT2D eigenvalue weighted by molar-refractivity contribution is 8.00. The van der Waals surface area contributed by atoms with Gasteiger partial charge in [-0.05, 0) is 55.5 Å². The van der Waals surface area contributed by atoms with E-state index in [9.17, 15) is 22.4 Å². The molecule has 0 spiro atoms. The summed E-state index contributed by atoms with van der Waals surface area (Å²) in [4.78, 5) is 24.5. The van der Waals surface area contributed by atoms with Crippen molar-refractivity contribution in [3.63, 3.8) is 0 Å². The van der Waals surface area contributed by atoms with Crippen LogP contribution in [0.5, 0.6) is 5.75 Å². The molecule has 2 amide bonds. The Morgan fingerprint density at radius 2 is 1.87 bits per heavy atom. The molecule has 2 aromatic rings. The maximum Gasteiger partial charge on any atom is 0.241 e. The lowest BCUT2D eigenvalue weighted by Crippen LogP contribution is -2.59. The van der Waals surface area contributed by atoms with Crippen LogP contribution in [-0.4, -0.2) is 49.9 Å². The summed E-state index contributed by atoms with van der Waals surface area (Å²) in [5.74, 6) is -0.828. The number of hydrogen-bond acceptors (Lipinski definition) is 7. The van der Waals surface area contributed by atoms with Gasteiger partial charge in [-0.25, -0.2) is 12.8 Å². The van der Waals surface area contributed by atoms with Crippen molar-refractivity contribution >= 4 is 39.1 Å². The standard InChI is InChI=1S/C20H22FN3O5S2/c1-2-29-15-7-9-16(10-8-15)31(27,28)17-11-22-20(24-19(17)26)30-12-18(25)23-14-5-3-13(21)4-6-14/h3-10,17,20,22H,2,11-12H2,1H3,(H,23,25)(H,24,26). The molecule has 1 aliphatic rings. The molecule has 0 aromatic heterocycles. The van der Waals surface area contributed by atoms with Crippen LogP contribution in [0.2, 0.25) is 0 Å². The number of amides is 2. The highest BCUT2D eigenvalue weighted by Gasteiger charge is 2.38. The highest BCUT2D eigenvalue weighted by atomic mass is 32.2. The molecule has 3 N–H and O–H groups in total. The van der Waals surface area contributed by atoms with E-state index in [0.29, 0.717) is 18.0 Å². The average molecular weight is 468 g/mol. The third-order valence-electron chi connectivity index (χ3n) is 4.40. The predicted molar refractivity (Wildman–Crippen MR) is 116 cm³/mol. The van der Waals surface area contributed by atoms with Gasteiger partial charge in [0.2, 0.25) is 11.8 Å². The Labute approximate surface area is 183 Å². The second kappa shape index (κ2) is 10.1. The summed E-state index contributed by atoms with van der Waals surface area (Å²) < 4.78 is 43.9. The molecule has 3 rings (SSSR count). The largest absolute Gasteiger partial charge is 0.494 e. The number of benzene rings is 2. The van der Waals surface area contributed by atoms with Gasteiger partial charge in [-0.2, -0.15) is 0 Å². The van der Waals surface area contributed by atoms with Crippen molar-refractivity contribution in [2.24, 2.45) is 0 Å². The summed E-state index contributed by atoms with van der Waals surface area (Å²) in [5, 5.41) is 6.84. The van der Waals surface area contributed by atoms with Crippen molar-refractivity contribution in [1.82, 2.24) is 10.6 Å². The molecule has 0 bridgehead atoms. The normalized spacial score (nSPS) is 18.8. The molecule has 31 heavy (non-hydrogen) atoms. The van der Waals surface area contributed by atoms with Crippen LogP contribution < -0.4 is 20.7 Å². The third-order valence-corrected chi connectivity index (χ3v) is 7.51. The molecule has 2 atom stereocenters. The first-order valence-corrected chi connectivity index (χ1v) is 12.1. The first kappa shape index (κ1) is 23.0. The predicted octanol–water partition coefficient (Wildman–Crippen LogP) is 1.74. The van der Waals surface area contributed by atoms with Gasteiger partial charge in [0.25, 0.3) is 0 Å². The minimum atomic E-state index is -3.89. The number of thioether (sulfide) groups is 1. The van der Waals surface area contributed by atoms with E-state index in [1.165, 1.54) is 36.4 Å². The topological polar surface area (TPSA) is 114 Å². The van der Waals surface area contributed by atoms with Crippen molar-refractivity contribution in [1.29, 1.82) is 0 Å². The van der Waals surface area contributed by atoms with Gasteiger partial charge in [0, 0.05) is 12.2 Å². The van der Waals surface area contributed by atoms with Crippen LogP contribution in [0.25, 0.3) is 0 Å². The second-order valence-corrected chi connectivity index (χ2v) is 9.82. The van der Waals surface area contributed by atoms with E-state index < -0.39 is 32.3 Å². The molecule has 2 aromatic carbocycles. The number of anilines is 1. The third kappa shape index (κ3) is 5.96. The van der Waals surface area contributed by atoms with Crippen molar-refractivity contribution < 1.29 is 27.1 Å². The average Bonchev–Trinajstić information content (AvgIpc) is 2.74. The number of nitrogens with one attached hydrogen (secondary N) is 3. The zero-order valence-electron chi connectivity index (χ0n) is 16.6. The van der Waals surface area contributed by atoms with E-state index in [0.717, 1.165) is 11.8 Å². The van der Waals surface area contributed by atoms with E-state index in [2.05, 4.69) is 16.0 Å². The lowest BCUT2D eigenvalue weighted by molar-refractivity contribution is -0.122. The molecule has 1 saturated heterocycles. The fourth-order valence-electron chi connectivity index (χ4n) is 2.88. The second-order valence-electron chi connectivity index (χ2n) is 6.60. The van der Waals surface area contributed by atoms with Crippen molar-refractivity contribution in [2.45, 2.75) is 22.6 Å². The minimum absolute atomic E-state index is 0.00559. The molecule has 11 heteroatoms. The molecule has 8 nitrogen and oxygen atoms in total. The van der Waals surface area contributed by atoms with Crippen molar-refractivity contribution in [3.8, 4) is 5.75 Å². The SMILES string of the molecule is CCOc1ccc(S(=O)(=O)C2CNC(SCC(=O)Nc3ccc(F)cc3)NC2=O)cc1. The van der Waals surface area contributed by atoms with Crippen LogP contribution >= 0.6 is 11.8 Å². The first-order chi connectivity index (χ1) is 14.8. The van der Waals surface area contributed by atoms with Gasteiger partial charge in [-0.15, -0.1) is 11.8 Å². The maximum absolute atomic E-state index is 12.9. The Balaban J connectivity index is 1.53. The fraction of sp³-hybridized carbons (Fsp3) is 0.300. The first-order valence-electron chi connectivity index (χ1n) is 9.47. The molecule has 0 aliphatic carbocycles. The summed E-state index contributed by atoms with van der Waals surface area (Å²) in [7, 11) is -3.89. The fourth-order valence-corrected chi connectivity index (χ4v) is 5.19. The minimum Gasteiger partial charge on any atom is -0.494 e. The Hall–Kier alpha value is -2.63. The van der Waals surface area contributed by atoms with Crippen LogP contribution in [-0.2, 0) is 19.4 Å². The number of carbonyl (C=O) groups is 2. The molecular formula is C20H22FN3O5S2. The number of sulfone groups is 1. The highest BCUT2D eigenvalue weighted by Crippen LogP contribution is 2.22. The number of ether oxygens (including phenoxy) is 1. The van der Waals surface area contributed by atoms with Crippen molar-refractivity contribution in [2.75, 3.05) is 24.2 Å². The molecule has 1 aliphatic heterocycles. The van der Waals surface area contributed by atoms with Gasteiger partial charge in [0.15, 0.2) is 15.1 Å². The number of hydrogen-bond donors (Lipinski definition) is 3. The Bertz CT molecular complexity index is 1030. The van der Waals surface area contributed by atoms with Crippen LogP contribution in [0.1, 0.15) is 6.92 Å². The van der Waals surface area contributed by atoms with Crippen LogP contribution in [0.15, 0.2) is 53.4 Å². The van der Waals surface area contributed by atoms with E-state index in [1.54, 1.807) is 12.1 Å². The van der Waals surface area contributed by atoms with Crippen LogP contribution in [0.4, 0.5) is 10.1 Å². The lowest BCUT2D eigenvalue weighted by Gasteiger charge is -2.29. The van der Waals surface area contributed by atoms with Gasteiger partial charge < -0.3 is 15.4 Å². The van der Waals surface area contributed by atoms with Gasteiger partial charge in [-0.3, -0.25) is 14.9 Å². The van der Waals surface area contributed by atoms with Crippen LogP contribution in [0, 0.1) is 5.82 Å². The lowest BCUT2D eigenvalue weighted by atomic mass is 10.3. The monoisotopic (exact) mass is 467 g/mol. The molecule has 0 radical (unpaired) electrons. The number of rotatable bonds is 8. The molecule has 166 valence electrons.